The monoisotopic (exact) mass is 474 g/mol. The van der Waals surface area contributed by atoms with Gasteiger partial charge in [-0.2, -0.15) is 10.4 Å². The highest BCUT2D eigenvalue weighted by atomic mass is 35.5. The molecule has 0 atom stereocenters. The van der Waals surface area contributed by atoms with E-state index in [0.717, 1.165) is 24.6 Å². The van der Waals surface area contributed by atoms with Gasteiger partial charge in [0.25, 0.3) is 5.91 Å². The van der Waals surface area contributed by atoms with E-state index in [1.807, 2.05) is 0 Å². The van der Waals surface area contributed by atoms with Crippen LogP contribution in [0.15, 0.2) is 60.7 Å². The quantitative estimate of drug-likeness (QED) is 0.425. The zero-order chi connectivity index (χ0) is 23.9. The van der Waals surface area contributed by atoms with Gasteiger partial charge in [-0.25, -0.2) is 9.07 Å². The van der Waals surface area contributed by atoms with Crippen molar-refractivity contribution in [3.05, 3.63) is 82.6 Å². The van der Waals surface area contributed by atoms with Gasteiger partial charge in [-0.15, -0.1) is 0 Å². The first-order valence-corrected chi connectivity index (χ1v) is 11.2. The molecule has 0 unspecified atom stereocenters. The molecule has 1 heterocycles. The van der Waals surface area contributed by atoms with Crippen molar-refractivity contribution in [1.82, 2.24) is 15.1 Å². The summed E-state index contributed by atoms with van der Waals surface area (Å²) in [7, 11) is 0. The van der Waals surface area contributed by atoms with Gasteiger partial charge in [0.05, 0.1) is 40.0 Å². The smallest absolute Gasteiger partial charge is 0.251 e. The number of halogens is 2. The minimum atomic E-state index is -0.570. The Bertz CT molecular complexity index is 1450. The van der Waals surface area contributed by atoms with Gasteiger partial charge in [-0.1, -0.05) is 11.6 Å². The normalized spacial score (nSPS) is 14.4. The van der Waals surface area contributed by atoms with Gasteiger partial charge < -0.3 is 10.4 Å². The van der Waals surface area contributed by atoms with Crippen molar-refractivity contribution in [3.8, 4) is 23.0 Å². The molecule has 5 rings (SSSR count). The number of aromatic nitrogens is 2. The fourth-order valence-electron chi connectivity index (χ4n) is 4.25. The molecule has 0 aliphatic heterocycles. The first kappa shape index (κ1) is 22.1. The Balaban J connectivity index is 1.67. The van der Waals surface area contributed by atoms with E-state index in [1.54, 1.807) is 53.2 Å². The van der Waals surface area contributed by atoms with E-state index < -0.39 is 5.54 Å². The number of nitrogens with one attached hydrogen (secondary N) is 1. The molecular weight excluding hydrogens is 455 g/mol. The van der Waals surface area contributed by atoms with Crippen molar-refractivity contribution in [2.45, 2.75) is 24.8 Å². The number of hydrogen-bond donors (Lipinski definition) is 2. The fraction of sp³-hybridized carbons (Fsp3) is 0.192. The molecule has 170 valence electrons. The van der Waals surface area contributed by atoms with E-state index >= 15 is 0 Å². The molecule has 0 bridgehead atoms. The zero-order valence-electron chi connectivity index (χ0n) is 18.1. The average molecular weight is 475 g/mol. The van der Waals surface area contributed by atoms with Gasteiger partial charge in [0.1, 0.15) is 11.5 Å². The Morgan fingerprint density at radius 1 is 1.18 bits per heavy atom. The number of aliphatic hydroxyl groups excluding tert-OH is 1. The highest BCUT2D eigenvalue weighted by Crippen LogP contribution is 2.36. The largest absolute Gasteiger partial charge is 0.394 e. The van der Waals surface area contributed by atoms with E-state index in [4.69, 9.17) is 16.7 Å². The first-order chi connectivity index (χ1) is 16.4. The van der Waals surface area contributed by atoms with Gasteiger partial charge >= 0.3 is 0 Å². The number of amides is 1. The maximum atomic E-state index is 13.6. The summed E-state index contributed by atoms with van der Waals surface area (Å²) >= 11 is 6.46. The number of nitriles is 1. The van der Waals surface area contributed by atoms with Crippen molar-refractivity contribution in [2.24, 2.45) is 0 Å². The lowest BCUT2D eigenvalue weighted by Gasteiger charge is -2.40. The number of nitrogens with zero attached hydrogens (tertiary/aromatic N) is 3. The third-order valence-electron chi connectivity index (χ3n) is 6.36. The molecule has 3 aromatic carbocycles. The number of benzene rings is 3. The summed E-state index contributed by atoms with van der Waals surface area (Å²) in [5.41, 5.74) is 2.64. The molecular formula is C26H20ClFN4O2. The van der Waals surface area contributed by atoms with Crippen LogP contribution < -0.4 is 5.32 Å². The van der Waals surface area contributed by atoms with Crippen molar-refractivity contribution >= 4 is 28.4 Å². The fourth-order valence-corrected chi connectivity index (χ4v) is 4.46. The average Bonchev–Trinajstić information content (AvgIpc) is 3.21. The summed E-state index contributed by atoms with van der Waals surface area (Å²) < 4.78 is 15.2. The number of carbonyl (C=O) groups excluding carboxylic acids is 1. The molecule has 0 radical (unpaired) electrons. The molecule has 0 saturated heterocycles. The van der Waals surface area contributed by atoms with E-state index in [9.17, 15) is 19.6 Å². The summed E-state index contributed by atoms with van der Waals surface area (Å²) in [6.45, 7) is -0.105. The predicted molar refractivity (Wildman–Crippen MR) is 127 cm³/mol. The second kappa shape index (κ2) is 8.56. The number of carbonyl (C=O) groups is 1. The Morgan fingerprint density at radius 3 is 2.59 bits per heavy atom. The van der Waals surface area contributed by atoms with Gasteiger partial charge in [0.15, 0.2) is 0 Å². The van der Waals surface area contributed by atoms with Crippen LogP contribution in [0, 0.1) is 17.1 Å². The van der Waals surface area contributed by atoms with Crippen LogP contribution >= 0.6 is 11.6 Å². The maximum absolute atomic E-state index is 13.6. The molecule has 1 amide bonds. The minimum absolute atomic E-state index is 0.105. The molecule has 8 heteroatoms. The Hall–Kier alpha value is -3.73. The van der Waals surface area contributed by atoms with Crippen LogP contribution in [0.1, 0.15) is 35.2 Å². The van der Waals surface area contributed by atoms with E-state index in [0.29, 0.717) is 38.6 Å². The number of fused-ring (bicyclic) bond motifs is 1. The van der Waals surface area contributed by atoms with Gasteiger partial charge in [0, 0.05) is 16.5 Å². The second-order valence-electron chi connectivity index (χ2n) is 8.52. The van der Waals surface area contributed by atoms with Gasteiger partial charge in [0.2, 0.25) is 0 Å². The molecule has 1 fully saturated rings. The second-order valence-corrected chi connectivity index (χ2v) is 8.93. The highest BCUT2D eigenvalue weighted by molar-refractivity contribution is 6.33. The van der Waals surface area contributed by atoms with E-state index in [-0.39, 0.29) is 18.3 Å². The predicted octanol–water partition coefficient (Wildman–Crippen LogP) is 5.00. The SMILES string of the molecule is N#Cc1ccc(Cl)c(-c2nn(-c3ccc(F)cc3)c3cc(C(=O)NC4(CO)CCC4)ccc23)c1. The van der Waals surface area contributed by atoms with E-state index in [2.05, 4.69) is 11.4 Å². The Kier molecular flexibility index (Phi) is 5.56. The molecule has 1 saturated carbocycles. The first-order valence-electron chi connectivity index (χ1n) is 10.9. The van der Waals surface area contributed by atoms with Crippen LogP contribution in [0.5, 0.6) is 0 Å². The van der Waals surface area contributed by atoms with Crippen LogP contribution in [-0.2, 0) is 0 Å². The van der Waals surface area contributed by atoms with Crippen LogP contribution in [0.4, 0.5) is 4.39 Å². The lowest BCUT2D eigenvalue weighted by molar-refractivity contribution is 0.0642. The van der Waals surface area contributed by atoms with Crippen molar-refractivity contribution < 1.29 is 14.3 Å². The molecule has 6 nitrogen and oxygen atoms in total. The summed E-state index contributed by atoms with van der Waals surface area (Å²) in [4.78, 5) is 13.0. The minimum Gasteiger partial charge on any atom is -0.394 e. The molecule has 4 aromatic rings. The number of aliphatic hydroxyl groups is 1. The molecule has 2 N–H and O–H groups in total. The third-order valence-corrected chi connectivity index (χ3v) is 6.69. The summed E-state index contributed by atoms with van der Waals surface area (Å²) in [6, 6.07) is 18.1. The number of rotatable bonds is 5. The van der Waals surface area contributed by atoms with Crippen LogP contribution in [-0.4, -0.2) is 32.9 Å². The summed E-state index contributed by atoms with van der Waals surface area (Å²) in [5.74, 6) is -0.659. The van der Waals surface area contributed by atoms with Crippen LogP contribution in [0.2, 0.25) is 5.02 Å². The zero-order valence-corrected chi connectivity index (χ0v) is 18.8. The van der Waals surface area contributed by atoms with E-state index in [1.165, 1.54) is 12.1 Å². The maximum Gasteiger partial charge on any atom is 0.251 e. The Labute approximate surface area is 200 Å². The van der Waals surface area contributed by atoms with Crippen molar-refractivity contribution in [1.29, 1.82) is 5.26 Å². The lowest BCUT2D eigenvalue weighted by atomic mass is 9.77. The molecule has 34 heavy (non-hydrogen) atoms. The molecule has 1 aliphatic rings. The topological polar surface area (TPSA) is 90.9 Å². The highest BCUT2D eigenvalue weighted by Gasteiger charge is 2.38. The van der Waals surface area contributed by atoms with Crippen LogP contribution in [0.3, 0.4) is 0 Å². The summed E-state index contributed by atoms with van der Waals surface area (Å²) in [5, 5.41) is 27.9. The molecule has 0 spiro atoms. The van der Waals surface area contributed by atoms with Gasteiger partial charge in [-0.05, 0) is 79.9 Å². The molecule has 1 aliphatic carbocycles. The summed E-state index contributed by atoms with van der Waals surface area (Å²) in [6.07, 6.45) is 2.44. The van der Waals surface area contributed by atoms with Crippen molar-refractivity contribution in [3.63, 3.8) is 0 Å². The number of hydrogen-bond acceptors (Lipinski definition) is 4. The third kappa shape index (κ3) is 3.81. The van der Waals surface area contributed by atoms with Crippen LogP contribution in [0.25, 0.3) is 27.8 Å². The van der Waals surface area contributed by atoms with Gasteiger partial charge in [-0.3, -0.25) is 4.79 Å². The molecule has 1 aromatic heterocycles. The Morgan fingerprint density at radius 2 is 1.94 bits per heavy atom. The van der Waals surface area contributed by atoms with Crippen molar-refractivity contribution in [2.75, 3.05) is 6.61 Å². The standard InChI is InChI=1S/C26H20ClFN4O2/c27-22-9-2-16(14-29)12-21(22)24-20-8-3-17(25(34)30-26(15-33)10-1-11-26)13-23(20)32(31-24)19-6-4-18(28)5-7-19/h2-9,12-13,33H,1,10-11,15H2,(H,30,34). The lowest BCUT2D eigenvalue weighted by Crippen LogP contribution is -2.56.